The molecule has 0 aliphatic carbocycles. The van der Waals surface area contributed by atoms with E-state index in [1.54, 1.807) is 12.4 Å². The highest BCUT2D eigenvalue weighted by atomic mass is 15.2. The number of benzene rings is 1. The lowest BCUT2D eigenvalue weighted by Gasteiger charge is -2.20. The summed E-state index contributed by atoms with van der Waals surface area (Å²) >= 11 is 0. The van der Waals surface area contributed by atoms with Gasteiger partial charge in [-0.25, -0.2) is 9.97 Å². The summed E-state index contributed by atoms with van der Waals surface area (Å²) < 4.78 is 0. The molecule has 0 atom stereocenters. The zero-order valence-corrected chi connectivity index (χ0v) is 10.6. The molecule has 1 aromatic heterocycles. The van der Waals surface area contributed by atoms with Crippen molar-refractivity contribution >= 4 is 5.95 Å². The van der Waals surface area contributed by atoms with Gasteiger partial charge < -0.3 is 10.6 Å². The summed E-state index contributed by atoms with van der Waals surface area (Å²) in [5.41, 5.74) is 7.75. The van der Waals surface area contributed by atoms with Crippen molar-refractivity contribution in [1.82, 2.24) is 9.97 Å². The topological polar surface area (TPSA) is 55.0 Å². The summed E-state index contributed by atoms with van der Waals surface area (Å²) in [7, 11) is 0. The van der Waals surface area contributed by atoms with Crippen molar-refractivity contribution in [2.75, 3.05) is 11.4 Å². The third-order valence-electron chi connectivity index (χ3n) is 2.81. The molecule has 0 saturated heterocycles. The van der Waals surface area contributed by atoms with E-state index in [2.05, 4.69) is 33.9 Å². The van der Waals surface area contributed by atoms with Crippen LogP contribution in [0.2, 0.25) is 0 Å². The van der Waals surface area contributed by atoms with Crippen LogP contribution in [-0.2, 0) is 13.1 Å². The molecule has 94 valence electrons. The van der Waals surface area contributed by atoms with Gasteiger partial charge in [0.2, 0.25) is 5.95 Å². The van der Waals surface area contributed by atoms with E-state index in [0.29, 0.717) is 6.54 Å². The molecule has 0 aliphatic rings. The van der Waals surface area contributed by atoms with Gasteiger partial charge in [-0.1, -0.05) is 30.3 Å². The first kappa shape index (κ1) is 12.5. The molecule has 2 aromatic rings. The number of hydrogen-bond donors (Lipinski definition) is 1. The Morgan fingerprint density at radius 1 is 1.06 bits per heavy atom. The van der Waals surface area contributed by atoms with Crippen LogP contribution in [-0.4, -0.2) is 16.5 Å². The quantitative estimate of drug-likeness (QED) is 0.870. The van der Waals surface area contributed by atoms with E-state index >= 15 is 0 Å². The van der Waals surface area contributed by atoms with E-state index < -0.39 is 0 Å². The predicted molar refractivity (Wildman–Crippen MR) is 73.1 cm³/mol. The van der Waals surface area contributed by atoms with Crippen molar-refractivity contribution in [3.8, 4) is 0 Å². The van der Waals surface area contributed by atoms with Gasteiger partial charge in [-0.15, -0.1) is 0 Å². The largest absolute Gasteiger partial charge is 0.337 e. The third-order valence-corrected chi connectivity index (χ3v) is 2.81. The highest BCUT2D eigenvalue weighted by Gasteiger charge is 2.07. The molecular formula is C14H18N4. The van der Waals surface area contributed by atoms with Gasteiger partial charge in [-0.3, -0.25) is 0 Å². The molecule has 4 nitrogen and oxygen atoms in total. The van der Waals surface area contributed by atoms with E-state index in [4.69, 9.17) is 5.73 Å². The molecule has 4 heteroatoms. The predicted octanol–water partition coefficient (Wildman–Crippen LogP) is 1.96. The highest BCUT2D eigenvalue weighted by molar-refractivity contribution is 5.32. The molecule has 0 spiro atoms. The standard InChI is InChI=1S/C14H18N4/c1-2-18(11-12-6-4-3-5-7-12)14-16-9-13(8-15)10-17-14/h3-7,9-10H,2,8,11,15H2,1H3. The minimum Gasteiger partial charge on any atom is -0.337 e. The van der Waals surface area contributed by atoms with Crippen LogP contribution in [0.5, 0.6) is 0 Å². The summed E-state index contributed by atoms with van der Waals surface area (Å²) in [4.78, 5) is 10.8. The molecule has 0 bridgehead atoms. The minimum absolute atomic E-state index is 0.477. The maximum absolute atomic E-state index is 5.54. The second kappa shape index (κ2) is 6.12. The minimum atomic E-state index is 0.477. The summed E-state index contributed by atoms with van der Waals surface area (Å²) in [6, 6.07) is 10.3. The van der Waals surface area contributed by atoms with Gasteiger partial charge in [0.1, 0.15) is 0 Å². The van der Waals surface area contributed by atoms with Crippen LogP contribution in [0.3, 0.4) is 0 Å². The number of nitrogens with zero attached hydrogens (tertiary/aromatic N) is 3. The van der Waals surface area contributed by atoms with Crippen molar-refractivity contribution in [3.63, 3.8) is 0 Å². The molecular weight excluding hydrogens is 224 g/mol. The number of rotatable bonds is 5. The van der Waals surface area contributed by atoms with E-state index in [9.17, 15) is 0 Å². The normalized spacial score (nSPS) is 10.3. The fraction of sp³-hybridized carbons (Fsp3) is 0.286. The van der Waals surface area contributed by atoms with Crippen molar-refractivity contribution in [3.05, 3.63) is 53.9 Å². The summed E-state index contributed by atoms with van der Waals surface area (Å²) in [5.74, 6) is 0.749. The molecule has 0 amide bonds. The highest BCUT2D eigenvalue weighted by Crippen LogP contribution is 2.11. The van der Waals surface area contributed by atoms with Crippen molar-refractivity contribution in [1.29, 1.82) is 0 Å². The number of anilines is 1. The maximum atomic E-state index is 5.54. The molecule has 0 fully saturated rings. The molecule has 0 radical (unpaired) electrons. The van der Waals surface area contributed by atoms with Crippen LogP contribution in [0, 0.1) is 0 Å². The van der Waals surface area contributed by atoms with Crippen LogP contribution >= 0.6 is 0 Å². The Morgan fingerprint density at radius 3 is 2.28 bits per heavy atom. The Balaban J connectivity index is 2.12. The lowest BCUT2D eigenvalue weighted by Crippen LogP contribution is -2.24. The average Bonchev–Trinajstić information content (AvgIpc) is 2.46. The van der Waals surface area contributed by atoms with E-state index in [1.807, 2.05) is 18.2 Å². The monoisotopic (exact) mass is 242 g/mol. The molecule has 0 unspecified atom stereocenters. The van der Waals surface area contributed by atoms with Crippen molar-refractivity contribution < 1.29 is 0 Å². The second-order valence-electron chi connectivity index (χ2n) is 4.10. The first-order valence-corrected chi connectivity index (χ1v) is 6.13. The van der Waals surface area contributed by atoms with Gasteiger partial charge >= 0.3 is 0 Å². The van der Waals surface area contributed by atoms with Crippen LogP contribution in [0.15, 0.2) is 42.7 Å². The Bertz CT molecular complexity index is 467. The Labute approximate surface area is 107 Å². The molecule has 2 N–H and O–H groups in total. The van der Waals surface area contributed by atoms with Gasteiger partial charge in [0.15, 0.2) is 0 Å². The smallest absolute Gasteiger partial charge is 0.225 e. The van der Waals surface area contributed by atoms with Crippen LogP contribution in [0.25, 0.3) is 0 Å². The fourth-order valence-corrected chi connectivity index (χ4v) is 1.74. The molecule has 1 heterocycles. The zero-order chi connectivity index (χ0) is 12.8. The first-order valence-electron chi connectivity index (χ1n) is 6.13. The van der Waals surface area contributed by atoms with E-state index in [0.717, 1.165) is 24.6 Å². The summed E-state index contributed by atoms with van der Waals surface area (Å²) in [5, 5.41) is 0. The summed E-state index contributed by atoms with van der Waals surface area (Å²) in [6.45, 7) is 4.27. The first-order chi connectivity index (χ1) is 8.83. The fourth-order valence-electron chi connectivity index (χ4n) is 1.74. The Hall–Kier alpha value is -1.94. The zero-order valence-electron chi connectivity index (χ0n) is 10.6. The molecule has 1 aromatic carbocycles. The lowest BCUT2D eigenvalue weighted by atomic mass is 10.2. The number of nitrogens with two attached hydrogens (primary N) is 1. The van der Waals surface area contributed by atoms with Crippen LogP contribution < -0.4 is 10.6 Å². The molecule has 2 rings (SSSR count). The Kier molecular flexibility index (Phi) is 4.25. The van der Waals surface area contributed by atoms with Crippen molar-refractivity contribution in [2.24, 2.45) is 5.73 Å². The number of hydrogen-bond acceptors (Lipinski definition) is 4. The summed E-state index contributed by atoms with van der Waals surface area (Å²) in [6.07, 6.45) is 3.58. The average molecular weight is 242 g/mol. The van der Waals surface area contributed by atoms with Gasteiger partial charge in [0.05, 0.1) is 0 Å². The lowest BCUT2D eigenvalue weighted by molar-refractivity contribution is 0.787. The van der Waals surface area contributed by atoms with Crippen LogP contribution in [0.1, 0.15) is 18.1 Å². The Morgan fingerprint density at radius 2 is 1.72 bits per heavy atom. The van der Waals surface area contributed by atoms with Gasteiger partial charge in [0, 0.05) is 37.6 Å². The molecule has 0 saturated carbocycles. The van der Waals surface area contributed by atoms with Gasteiger partial charge in [-0.2, -0.15) is 0 Å². The van der Waals surface area contributed by atoms with Gasteiger partial charge in [-0.05, 0) is 12.5 Å². The van der Waals surface area contributed by atoms with E-state index in [-0.39, 0.29) is 0 Å². The molecule has 0 aliphatic heterocycles. The SMILES string of the molecule is CCN(Cc1ccccc1)c1ncc(CN)cn1. The van der Waals surface area contributed by atoms with Crippen LogP contribution in [0.4, 0.5) is 5.95 Å². The third kappa shape index (κ3) is 3.05. The molecule has 18 heavy (non-hydrogen) atoms. The maximum Gasteiger partial charge on any atom is 0.225 e. The number of aromatic nitrogens is 2. The van der Waals surface area contributed by atoms with Gasteiger partial charge in [0.25, 0.3) is 0 Å². The van der Waals surface area contributed by atoms with Crippen molar-refractivity contribution in [2.45, 2.75) is 20.0 Å². The van der Waals surface area contributed by atoms with E-state index in [1.165, 1.54) is 5.56 Å². The second-order valence-corrected chi connectivity index (χ2v) is 4.10.